The Balaban J connectivity index is 0. The molecular formula is C10H20INTe. The second-order valence-electron chi connectivity index (χ2n) is 3.03. The van der Waals surface area contributed by atoms with Crippen LogP contribution >= 0.6 is 0 Å². The summed E-state index contributed by atoms with van der Waals surface area (Å²) in [5.41, 5.74) is 0. The molecule has 0 amide bonds. The summed E-state index contributed by atoms with van der Waals surface area (Å²) in [6.45, 7) is 4.48. The Morgan fingerprint density at radius 3 is 1.85 bits per heavy atom. The van der Waals surface area contributed by atoms with Gasteiger partial charge >= 0.3 is 83.8 Å². The zero-order valence-electron chi connectivity index (χ0n) is 8.68. The first-order valence-corrected chi connectivity index (χ1v) is 9.80. The van der Waals surface area contributed by atoms with Crippen LogP contribution < -0.4 is 24.0 Å². The smallest absolute Gasteiger partial charge is 1.00 e. The molecule has 0 aliphatic rings. The monoisotopic (exact) mass is 411 g/mol. The molecule has 0 saturated heterocycles. The van der Waals surface area contributed by atoms with Crippen molar-refractivity contribution < 1.29 is 24.0 Å². The van der Waals surface area contributed by atoms with Gasteiger partial charge in [0.15, 0.2) is 0 Å². The molecule has 0 spiro atoms. The van der Waals surface area contributed by atoms with Gasteiger partial charge in [-0.3, -0.25) is 0 Å². The van der Waals surface area contributed by atoms with Crippen molar-refractivity contribution >= 4 is 19.6 Å². The molecule has 0 radical (unpaired) electrons. The molecule has 0 heterocycles. The van der Waals surface area contributed by atoms with Crippen molar-refractivity contribution in [2.24, 2.45) is 0 Å². The molecule has 0 aliphatic carbocycles. The zero-order valence-corrected chi connectivity index (χ0v) is 13.2. The zero-order chi connectivity index (χ0) is 9.23. The van der Waals surface area contributed by atoms with Crippen LogP contribution in [0.3, 0.4) is 0 Å². The van der Waals surface area contributed by atoms with E-state index in [1.165, 1.54) is 34.6 Å². The van der Waals surface area contributed by atoms with Crippen molar-refractivity contribution in [3.05, 3.63) is 0 Å². The Hall–Kier alpha value is 1.01. The summed E-state index contributed by atoms with van der Waals surface area (Å²) in [5.74, 6) is 0. The summed E-state index contributed by atoms with van der Waals surface area (Å²) in [5, 5.41) is 8.63. The van der Waals surface area contributed by atoms with E-state index in [4.69, 9.17) is 5.26 Å². The fourth-order valence-corrected chi connectivity index (χ4v) is 6.94. The van der Waals surface area contributed by atoms with Crippen LogP contribution in [0.1, 0.15) is 39.5 Å². The van der Waals surface area contributed by atoms with E-state index >= 15 is 0 Å². The maximum Gasteiger partial charge on any atom is -1.00 e. The quantitative estimate of drug-likeness (QED) is 0.447. The van der Waals surface area contributed by atoms with Crippen LogP contribution in [0.5, 0.6) is 0 Å². The third kappa shape index (κ3) is 10.9. The largest absolute Gasteiger partial charge is 1.00 e. The summed E-state index contributed by atoms with van der Waals surface area (Å²) in [4.78, 5) is 0. The number of hydrogen-bond acceptors (Lipinski definition) is 1. The van der Waals surface area contributed by atoms with Gasteiger partial charge in [0.1, 0.15) is 0 Å². The number of rotatable bonds is 7. The molecule has 0 bridgehead atoms. The van der Waals surface area contributed by atoms with Crippen molar-refractivity contribution in [2.75, 3.05) is 0 Å². The topological polar surface area (TPSA) is 23.8 Å². The van der Waals surface area contributed by atoms with Crippen LogP contribution in [0.25, 0.3) is 0 Å². The van der Waals surface area contributed by atoms with Crippen LogP contribution in [0.15, 0.2) is 0 Å². The number of hydrogen-bond donors (Lipinski definition) is 0. The van der Waals surface area contributed by atoms with Crippen molar-refractivity contribution in [1.29, 1.82) is 5.26 Å². The van der Waals surface area contributed by atoms with Crippen molar-refractivity contribution in [1.82, 2.24) is 0 Å². The van der Waals surface area contributed by atoms with Gasteiger partial charge in [0.25, 0.3) is 0 Å². The van der Waals surface area contributed by atoms with E-state index in [0.717, 1.165) is 4.47 Å². The van der Waals surface area contributed by atoms with Gasteiger partial charge in [0.2, 0.25) is 0 Å². The van der Waals surface area contributed by atoms with Gasteiger partial charge in [-0.1, -0.05) is 0 Å². The predicted octanol–water partition coefficient (Wildman–Crippen LogP) is 0.609. The van der Waals surface area contributed by atoms with Gasteiger partial charge in [0, 0.05) is 0 Å². The summed E-state index contributed by atoms with van der Waals surface area (Å²) in [6.07, 6.45) is 5.33. The SMILES string of the molecule is CCCC[Te+](CC#N)CCCC.[I-]. The van der Waals surface area contributed by atoms with Crippen molar-refractivity contribution in [3.63, 3.8) is 0 Å². The molecule has 0 atom stereocenters. The fourth-order valence-electron chi connectivity index (χ4n) is 1.03. The Bertz CT molecular complexity index is 125. The molecular weight excluding hydrogens is 389 g/mol. The summed E-state index contributed by atoms with van der Waals surface area (Å²) >= 11 is -0.923. The molecule has 0 N–H and O–H groups in total. The third-order valence-corrected chi connectivity index (χ3v) is 8.32. The van der Waals surface area contributed by atoms with E-state index in [-0.39, 0.29) is 24.0 Å². The molecule has 0 unspecified atom stereocenters. The van der Waals surface area contributed by atoms with E-state index in [1.54, 1.807) is 0 Å². The van der Waals surface area contributed by atoms with E-state index < -0.39 is 19.6 Å². The molecule has 78 valence electrons. The van der Waals surface area contributed by atoms with Gasteiger partial charge in [-0.25, -0.2) is 0 Å². The molecule has 3 heteroatoms. The number of unbranched alkanes of at least 4 members (excludes halogenated alkanes) is 2. The Morgan fingerprint density at radius 1 is 1.08 bits per heavy atom. The molecule has 0 fully saturated rings. The fraction of sp³-hybridized carbons (Fsp3) is 0.900. The maximum absolute atomic E-state index is 8.63. The molecule has 0 saturated carbocycles. The van der Waals surface area contributed by atoms with Crippen LogP contribution in [0.4, 0.5) is 0 Å². The predicted molar refractivity (Wildman–Crippen MR) is 55.6 cm³/mol. The second kappa shape index (κ2) is 13.0. The van der Waals surface area contributed by atoms with Crippen LogP contribution in [0, 0.1) is 11.3 Å². The molecule has 1 nitrogen and oxygen atoms in total. The van der Waals surface area contributed by atoms with Crippen LogP contribution in [-0.2, 0) is 0 Å². The Labute approximate surface area is 107 Å². The Kier molecular flexibility index (Phi) is 16.5. The number of nitrogens with zero attached hydrogens (tertiary/aromatic N) is 1. The van der Waals surface area contributed by atoms with Crippen molar-refractivity contribution in [2.45, 2.75) is 52.9 Å². The third-order valence-electron chi connectivity index (χ3n) is 1.84. The first-order valence-electron chi connectivity index (χ1n) is 4.86. The molecule has 0 aliphatic heterocycles. The maximum atomic E-state index is 8.63. The van der Waals surface area contributed by atoms with E-state index in [0.29, 0.717) is 0 Å². The minimum Gasteiger partial charge on any atom is -1.00 e. The average Bonchev–Trinajstić information content (AvgIpc) is 2.10. The Morgan fingerprint density at radius 2 is 1.54 bits per heavy atom. The van der Waals surface area contributed by atoms with Gasteiger partial charge in [-0.05, 0) is 0 Å². The second-order valence-corrected chi connectivity index (χ2v) is 9.68. The minimum absolute atomic E-state index is 0. The number of halogens is 1. The van der Waals surface area contributed by atoms with E-state index in [9.17, 15) is 0 Å². The summed E-state index contributed by atoms with van der Waals surface area (Å²) in [6, 6.07) is 2.36. The van der Waals surface area contributed by atoms with Crippen molar-refractivity contribution in [3.8, 4) is 6.07 Å². The molecule has 13 heavy (non-hydrogen) atoms. The molecule has 0 rings (SSSR count). The molecule has 0 aromatic heterocycles. The van der Waals surface area contributed by atoms with Gasteiger partial charge in [-0.2, -0.15) is 0 Å². The normalized spacial score (nSPS) is 9.38. The van der Waals surface area contributed by atoms with Crippen LogP contribution in [-0.4, -0.2) is 19.6 Å². The molecule has 0 aromatic carbocycles. The van der Waals surface area contributed by atoms with Gasteiger partial charge in [0.05, 0.1) is 0 Å². The van der Waals surface area contributed by atoms with Crippen LogP contribution in [0.2, 0.25) is 13.4 Å². The first kappa shape index (κ1) is 16.4. The summed E-state index contributed by atoms with van der Waals surface area (Å²) in [7, 11) is 0. The van der Waals surface area contributed by atoms with E-state index in [1.807, 2.05) is 0 Å². The minimum atomic E-state index is -0.923. The average molecular weight is 409 g/mol. The molecule has 0 aromatic rings. The van der Waals surface area contributed by atoms with E-state index in [2.05, 4.69) is 19.9 Å². The summed E-state index contributed by atoms with van der Waals surface area (Å²) < 4.78 is 3.78. The van der Waals surface area contributed by atoms with Gasteiger partial charge < -0.3 is 24.0 Å². The first-order chi connectivity index (χ1) is 5.85. The standard InChI is InChI=1S/C10H20NTe.HI/c1-3-5-8-12(10-7-11)9-6-4-2;/h3-6,8-10H2,1-2H3;1H/q+1;/p-1. The van der Waals surface area contributed by atoms with Gasteiger partial charge in [-0.15, -0.1) is 0 Å². The number of nitriles is 1.